The molecule has 2 N–H and O–H groups in total. The van der Waals surface area contributed by atoms with Crippen LogP contribution in [0.1, 0.15) is 31.1 Å². The summed E-state index contributed by atoms with van der Waals surface area (Å²) in [6, 6.07) is 6.60. The van der Waals surface area contributed by atoms with Crippen LogP contribution in [0.4, 0.5) is 0 Å². The molecule has 1 heterocycles. The van der Waals surface area contributed by atoms with Crippen LogP contribution in [0.15, 0.2) is 30.5 Å². The lowest BCUT2D eigenvalue weighted by atomic mass is 9.86. The van der Waals surface area contributed by atoms with Crippen molar-refractivity contribution in [2.75, 3.05) is 0 Å². The minimum atomic E-state index is -1.03. The number of benzene rings is 1. The van der Waals surface area contributed by atoms with Crippen LogP contribution in [-0.2, 0) is 11.8 Å². The van der Waals surface area contributed by atoms with Gasteiger partial charge in [-0.1, -0.05) is 39.0 Å². The quantitative estimate of drug-likeness (QED) is 0.911. The molecule has 0 saturated carbocycles. The molecule has 1 aromatic carbocycles. The molecule has 5 heteroatoms. The Hall–Kier alpha value is -2.30. The number of aromatic nitrogens is 1. The molecular weight excluding hydrogens is 268 g/mol. The molecule has 2 rings (SSSR count). The van der Waals surface area contributed by atoms with E-state index >= 15 is 0 Å². The van der Waals surface area contributed by atoms with E-state index in [2.05, 4.69) is 5.32 Å². The van der Waals surface area contributed by atoms with E-state index in [4.69, 9.17) is 0 Å². The molecule has 0 saturated heterocycles. The zero-order valence-corrected chi connectivity index (χ0v) is 12.7. The molecule has 0 spiro atoms. The number of aliphatic carboxylic acids is 1. The van der Waals surface area contributed by atoms with Gasteiger partial charge in [0, 0.05) is 24.1 Å². The maximum Gasteiger partial charge on any atom is 0.326 e. The summed E-state index contributed by atoms with van der Waals surface area (Å²) in [6.45, 7) is 5.36. The molecule has 112 valence electrons. The van der Waals surface area contributed by atoms with Crippen molar-refractivity contribution in [2.24, 2.45) is 12.5 Å². The number of fused-ring (bicyclic) bond motifs is 1. The van der Waals surface area contributed by atoms with Gasteiger partial charge in [-0.3, -0.25) is 4.79 Å². The summed E-state index contributed by atoms with van der Waals surface area (Å²) in [7, 11) is 1.86. The van der Waals surface area contributed by atoms with E-state index in [1.807, 2.05) is 35.9 Å². The molecular formula is C16H20N2O3. The molecule has 1 aromatic heterocycles. The van der Waals surface area contributed by atoms with Gasteiger partial charge in [-0.2, -0.15) is 0 Å². The molecule has 1 atom stereocenters. The molecule has 1 amide bonds. The van der Waals surface area contributed by atoms with Gasteiger partial charge in [0.2, 0.25) is 0 Å². The summed E-state index contributed by atoms with van der Waals surface area (Å²) >= 11 is 0. The van der Waals surface area contributed by atoms with Gasteiger partial charge < -0.3 is 15.0 Å². The topological polar surface area (TPSA) is 71.3 Å². The molecule has 5 nitrogen and oxygen atoms in total. The highest BCUT2D eigenvalue weighted by Gasteiger charge is 2.33. The second-order valence-electron chi connectivity index (χ2n) is 6.28. The first-order chi connectivity index (χ1) is 9.71. The SMILES string of the molecule is Cn1cc(C(=O)N[C@@H](C(=O)O)C(C)(C)C)c2ccccc21. The third-order valence-corrected chi connectivity index (χ3v) is 3.53. The number of amides is 1. The van der Waals surface area contributed by atoms with Gasteiger partial charge in [0.1, 0.15) is 6.04 Å². The zero-order chi connectivity index (χ0) is 15.8. The van der Waals surface area contributed by atoms with E-state index in [9.17, 15) is 14.7 Å². The molecule has 0 fully saturated rings. The number of hydrogen-bond acceptors (Lipinski definition) is 2. The van der Waals surface area contributed by atoms with E-state index in [-0.39, 0.29) is 5.91 Å². The average Bonchev–Trinajstić information content (AvgIpc) is 2.72. The third kappa shape index (κ3) is 2.91. The Kier molecular flexibility index (Phi) is 3.77. The van der Waals surface area contributed by atoms with Gasteiger partial charge in [-0.25, -0.2) is 4.79 Å². The Labute approximate surface area is 123 Å². The van der Waals surface area contributed by atoms with Crippen LogP contribution in [0.2, 0.25) is 0 Å². The fourth-order valence-electron chi connectivity index (χ4n) is 2.38. The van der Waals surface area contributed by atoms with Gasteiger partial charge in [-0.15, -0.1) is 0 Å². The molecule has 0 bridgehead atoms. The van der Waals surface area contributed by atoms with E-state index < -0.39 is 17.4 Å². The Morgan fingerprint density at radius 3 is 2.43 bits per heavy atom. The minimum Gasteiger partial charge on any atom is -0.480 e. The lowest BCUT2D eigenvalue weighted by Gasteiger charge is -2.27. The highest BCUT2D eigenvalue weighted by molar-refractivity contribution is 6.07. The van der Waals surface area contributed by atoms with Crippen LogP contribution in [0.3, 0.4) is 0 Å². The molecule has 21 heavy (non-hydrogen) atoms. The molecule has 0 aliphatic carbocycles. The Morgan fingerprint density at radius 2 is 1.86 bits per heavy atom. The largest absolute Gasteiger partial charge is 0.480 e. The van der Waals surface area contributed by atoms with Crippen molar-refractivity contribution < 1.29 is 14.7 Å². The number of hydrogen-bond donors (Lipinski definition) is 2. The van der Waals surface area contributed by atoms with Gasteiger partial charge in [0.25, 0.3) is 5.91 Å². The molecule has 0 aliphatic heterocycles. The Balaban J connectivity index is 2.37. The maximum absolute atomic E-state index is 12.4. The summed E-state index contributed by atoms with van der Waals surface area (Å²) in [4.78, 5) is 23.8. The van der Waals surface area contributed by atoms with Crippen LogP contribution < -0.4 is 5.32 Å². The summed E-state index contributed by atoms with van der Waals surface area (Å²) in [5, 5.41) is 12.7. The summed E-state index contributed by atoms with van der Waals surface area (Å²) in [6.07, 6.45) is 1.72. The van der Waals surface area contributed by atoms with Crippen molar-refractivity contribution in [3.8, 4) is 0 Å². The second-order valence-corrected chi connectivity index (χ2v) is 6.28. The standard InChI is InChI=1S/C16H20N2O3/c1-16(2,3)13(15(20)21)17-14(19)11-9-18(4)12-8-6-5-7-10(11)12/h5-9,13H,1-4H3,(H,17,19)(H,20,21)/t13-/m0/s1. The van der Waals surface area contributed by atoms with E-state index in [1.54, 1.807) is 27.0 Å². The summed E-state index contributed by atoms with van der Waals surface area (Å²) in [5.41, 5.74) is 0.861. The smallest absolute Gasteiger partial charge is 0.326 e. The van der Waals surface area contributed by atoms with Crippen LogP contribution >= 0.6 is 0 Å². The first kappa shape index (κ1) is 15.1. The fourth-order valence-corrected chi connectivity index (χ4v) is 2.38. The highest BCUT2D eigenvalue weighted by Crippen LogP contribution is 2.23. The predicted octanol–water partition coefficient (Wildman–Crippen LogP) is 2.41. The van der Waals surface area contributed by atoms with Gasteiger partial charge in [-0.05, 0) is 11.5 Å². The number of rotatable bonds is 3. The lowest BCUT2D eigenvalue weighted by molar-refractivity contribution is -0.142. The van der Waals surface area contributed by atoms with Gasteiger partial charge >= 0.3 is 5.97 Å². The van der Waals surface area contributed by atoms with E-state index in [0.29, 0.717) is 5.56 Å². The second kappa shape index (κ2) is 5.24. The number of carboxylic acid groups (broad SMARTS) is 1. The van der Waals surface area contributed by atoms with Crippen molar-refractivity contribution >= 4 is 22.8 Å². The minimum absolute atomic E-state index is 0.367. The first-order valence-electron chi connectivity index (χ1n) is 6.79. The Bertz CT molecular complexity index is 695. The molecule has 0 radical (unpaired) electrons. The van der Waals surface area contributed by atoms with Crippen molar-refractivity contribution in [3.63, 3.8) is 0 Å². The number of nitrogens with zero attached hydrogens (tertiary/aromatic N) is 1. The van der Waals surface area contributed by atoms with Crippen LogP contribution in [0.5, 0.6) is 0 Å². The van der Waals surface area contributed by atoms with Gasteiger partial charge in [0.05, 0.1) is 5.56 Å². The average molecular weight is 288 g/mol. The number of nitrogens with one attached hydrogen (secondary N) is 1. The number of aryl methyl sites for hydroxylation is 1. The molecule has 0 unspecified atom stereocenters. The lowest BCUT2D eigenvalue weighted by Crippen LogP contribution is -2.49. The van der Waals surface area contributed by atoms with E-state index in [0.717, 1.165) is 10.9 Å². The monoisotopic (exact) mass is 288 g/mol. The highest BCUT2D eigenvalue weighted by atomic mass is 16.4. The van der Waals surface area contributed by atoms with Gasteiger partial charge in [0.15, 0.2) is 0 Å². The van der Waals surface area contributed by atoms with Crippen LogP contribution in [-0.4, -0.2) is 27.6 Å². The van der Waals surface area contributed by atoms with Crippen molar-refractivity contribution in [3.05, 3.63) is 36.0 Å². The van der Waals surface area contributed by atoms with Crippen LogP contribution in [0.25, 0.3) is 10.9 Å². The summed E-state index contributed by atoms with van der Waals surface area (Å²) < 4.78 is 1.86. The fraction of sp³-hybridized carbons (Fsp3) is 0.375. The molecule has 0 aliphatic rings. The number of carboxylic acids is 1. The van der Waals surface area contributed by atoms with Crippen molar-refractivity contribution in [2.45, 2.75) is 26.8 Å². The third-order valence-electron chi connectivity index (χ3n) is 3.53. The zero-order valence-electron chi connectivity index (χ0n) is 12.7. The van der Waals surface area contributed by atoms with Crippen molar-refractivity contribution in [1.29, 1.82) is 0 Å². The van der Waals surface area contributed by atoms with E-state index in [1.165, 1.54) is 0 Å². The first-order valence-corrected chi connectivity index (χ1v) is 6.79. The number of carbonyl (C=O) groups excluding carboxylic acids is 1. The number of para-hydroxylation sites is 1. The maximum atomic E-state index is 12.4. The summed E-state index contributed by atoms with van der Waals surface area (Å²) in [5.74, 6) is -1.40. The predicted molar refractivity (Wildman–Crippen MR) is 81.3 cm³/mol. The number of carbonyl (C=O) groups is 2. The Morgan fingerprint density at radius 1 is 1.24 bits per heavy atom. The normalized spacial score (nSPS) is 13.1. The van der Waals surface area contributed by atoms with Crippen LogP contribution in [0, 0.1) is 5.41 Å². The van der Waals surface area contributed by atoms with Crippen molar-refractivity contribution in [1.82, 2.24) is 9.88 Å². The molecule has 2 aromatic rings.